The second kappa shape index (κ2) is 8.57. The van der Waals surface area contributed by atoms with Crippen LogP contribution in [0.15, 0.2) is 48.5 Å². The number of carbonyl (C=O) groups excluding carboxylic acids is 1. The van der Waals surface area contributed by atoms with Crippen molar-refractivity contribution in [2.75, 3.05) is 18.0 Å². The number of ether oxygens (including phenoxy) is 1. The number of nitrogens with one attached hydrogen (secondary N) is 1. The Labute approximate surface area is 182 Å². The summed E-state index contributed by atoms with van der Waals surface area (Å²) in [4.78, 5) is 19.3. The fourth-order valence-corrected chi connectivity index (χ4v) is 4.03. The third-order valence-corrected chi connectivity index (χ3v) is 5.29. The molecule has 3 aromatic rings. The average Bonchev–Trinajstić information content (AvgIpc) is 3.05. The summed E-state index contributed by atoms with van der Waals surface area (Å²) in [7, 11) is 0. The number of imidazole rings is 1. The maximum Gasteiger partial charge on any atom is 0.407 e. The lowest BCUT2D eigenvalue weighted by Crippen LogP contribution is -2.49. The normalized spacial score (nSPS) is 17.0. The molecule has 4 rings (SSSR count). The molecular weight excluding hydrogens is 395 g/mol. The standard InChI is InChI=1S/C24H29FN4O2/c1-24(2,3)31-23(30)26-19-10-7-13-28(16-19)22-27-20-11-4-5-12-21(20)29(22)15-17-8-6-9-18(25)14-17/h4-6,8-9,11-12,14,19H,7,10,13,15-16H2,1-3H3,(H,26,30)/t19-/m1/s1. The lowest BCUT2D eigenvalue weighted by molar-refractivity contribution is 0.0500. The number of para-hydroxylation sites is 2. The first kappa shape index (κ1) is 21.2. The number of amides is 1. The van der Waals surface area contributed by atoms with Gasteiger partial charge < -0.3 is 19.5 Å². The van der Waals surface area contributed by atoms with E-state index in [1.54, 1.807) is 12.1 Å². The van der Waals surface area contributed by atoms with Gasteiger partial charge in [0, 0.05) is 19.1 Å². The molecule has 2 heterocycles. The molecule has 164 valence electrons. The van der Waals surface area contributed by atoms with Crippen LogP contribution in [0.4, 0.5) is 15.1 Å². The molecule has 1 saturated heterocycles. The highest BCUT2D eigenvalue weighted by Gasteiger charge is 2.27. The number of hydrogen-bond donors (Lipinski definition) is 1. The monoisotopic (exact) mass is 424 g/mol. The highest BCUT2D eigenvalue weighted by molar-refractivity contribution is 5.79. The molecule has 7 heteroatoms. The van der Waals surface area contributed by atoms with Crippen molar-refractivity contribution in [2.24, 2.45) is 0 Å². The Morgan fingerprint density at radius 2 is 2.03 bits per heavy atom. The lowest BCUT2D eigenvalue weighted by atomic mass is 10.1. The Bertz CT molecular complexity index is 1070. The van der Waals surface area contributed by atoms with Gasteiger partial charge in [0.15, 0.2) is 0 Å². The van der Waals surface area contributed by atoms with E-state index >= 15 is 0 Å². The van der Waals surface area contributed by atoms with Crippen LogP contribution < -0.4 is 10.2 Å². The number of carbonyl (C=O) groups is 1. The van der Waals surface area contributed by atoms with Crippen molar-refractivity contribution in [3.63, 3.8) is 0 Å². The first-order chi connectivity index (χ1) is 14.8. The SMILES string of the molecule is CC(C)(C)OC(=O)N[C@@H]1CCCN(c2nc3ccccc3n2Cc2cccc(F)c2)C1. The zero-order valence-electron chi connectivity index (χ0n) is 18.3. The largest absolute Gasteiger partial charge is 0.444 e. The fourth-order valence-electron chi connectivity index (χ4n) is 4.03. The Kier molecular flexibility index (Phi) is 5.85. The van der Waals surface area contributed by atoms with Gasteiger partial charge in [0.05, 0.1) is 17.6 Å². The third kappa shape index (κ3) is 5.16. The minimum Gasteiger partial charge on any atom is -0.444 e. The lowest BCUT2D eigenvalue weighted by Gasteiger charge is -2.34. The summed E-state index contributed by atoms with van der Waals surface area (Å²) >= 11 is 0. The number of piperidine rings is 1. The van der Waals surface area contributed by atoms with Crippen LogP contribution in [0.1, 0.15) is 39.2 Å². The molecule has 31 heavy (non-hydrogen) atoms. The number of anilines is 1. The van der Waals surface area contributed by atoms with E-state index in [-0.39, 0.29) is 11.9 Å². The molecule has 0 aliphatic carbocycles. The first-order valence-electron chi connectivity index (χ1n) is 10.7. The summed E-state index contributed by atoms with van der Waals surface area (Å²) in [6, 6.07) is 14.6. The Hall–Kier alpha value is -3.09. The summed E-state index contributed by atoms with van der Waals surface area (Å²) in [6.45, 7) is 7.58. The number of aromatic nitrogens is 2. The summed E-state index contributed by atoms with van der Waals surface area (Å²) < 4.78 is 21.3. The molecule has 1 amide bonds. The number of hydrogen-bond acceptors (Lipinski definition) is 4. The number of halogens is 1. The van der Waals surface area contributed by atoms with Crippen LogP contribution in [-0.4, -0.2) is 40.4 Å². The van der Waals surface area contributed by atoms with E-state index in [2.05, 4.69) is 14.8 Å². The van der Waals surface area contributed by atoms with E-state index in [0.717, 1.165) is 41.9 Å². The van der Waals surface area contributed by atoms with Crippen LogP contribution in [0.3, 0.4) is 0 Å². The first-order valence-corrected chi connectivity index (χ1v) is 10.7. The van der Waals surface area contributed by atoms with Gasteiger partial charge in [0.2, 0.25) is 5.95 Å². The van der Waals surface area contributed by atoms with Crippen LogP contribution in [-0.2, 0) is 11.3 Å². The molecule has 1 N–H and O–H groups in total. The van der Waals surface area contributed by atoms with Gasteiger partial charge in [-0.15, -0.1) is 0 Å². The van der Waals surface area contributed by atoms with Crippen LogP contribution >= 0.6 is 0 Å². The van der Waals surface area contributed by atoms with E-state index in [1.165, 1.54) is 6.07 Å². The quantitative estimate of drug-likeness (QED) is 0.659. The molecule has 1 aliphatic rings. The van der Waals surface area contributed by atoms with Gasteiger partial charge in [-0.05, 0) is 63.4 Å². The van der Waals surface area contributed by atoms with Gasteiger partial charge in [-0.25, -0.2) is 14.2 Å². The molecule has 1 atom stereocenters. The number of fused-ring (bicyclic) bond motifs is 1. The smallest absolute Gasteiger partial charge is 0.407 e. The van der Waals surface area contributed by atoms with Crippen molar-refractivity contribution in [3.8, 4) is 0 Å². The Morgan fingerprint density at radius 1 is 1.23 bits per heavy atom. The van der Waals surface area contributed by atoms with E-state index in [1.807, 2.05) is 51.1 Å². The molecule has 0 saturated carbocycles. The topological polar surface area (TPSA) is 59.4 Å². The highest BCUT2D eigenvalue weighted by atomic mass is 19.1. The molecule has 2 aromatic carbocycles. The number of nitrogens with zero attached hydrogens (tertiary/aromatic N) is 3. The maximum atomic E-state index is 13.8. The van der Waals surface area contributed by atoms with Crippen molar-refractivity contribution in [1.29, 1.82) is 0 Å². The summed E-state index contributed by atoms with van der Waals surface area (Å²) in [6.07, 6.45) is 1.43. The van der Waals surface area contributed by atoms with Gasteiger partial charge in [-0.1, -0.05) is 24.3 Å². The molecule has 1 aliphatic heterocycles. The van der Waals surface area contributed by atoms with Crippen molar-refractivity contribution < 1.29 is 13.9 Å². The van der Waals surface area contributed by atoms with E-state index in [4.69, 9.17) is 9.72 Å². The van der Waals surface area contributed by atoms with Gasteiger partial charge in [0.1, 0.15) is 11.4 Å². The van der Waals surface area contributed by atoms with Gasteiger partial charge in [-0.3, -0.25) is 0 Å². The fraction of sp³-hybridized carbons (Fsp3) is 0.417. The van der Waals surface area contributed by atoms with Gasteiger partial charge in [-0.2, -0.15) is 0 Å². The van der Waals surface area contributed by atoms with E-state index < -0.39 is 11.7 Å². The van der Waals surface area contributed by atoms with Crippen molar-refractivity contribution >= 4 is 23.1 Å². The van der Waals surface area contributed by atoms with Crippen molar-refractivity contribution in [3.05, 3.63) is 59.9 Å². The Morgan fingerprint density at radius 3 is 2.81 bits per heavy atom. The van der Waals surface area contributed by atoms with E-state index in [9.17, 15) is 9.18 Å². The number of rotatable bonds is 4. The zero-order valence-corrected chi connectivity index (χ0v) is 18.3. The maximum absolute atomic E-state index is 13.8. The van der Waals surface area contributed by atoms with Crippen LogP contribution in [0.2, 0.25) is 0 Å². The van der Waals surface area contributed by atoms with Crippen molar-refractivity contribution in [1.82, 2.24) is 14.9 Å². The molecule has 0 unspecified atom stereocenters. The average molecular weight is 425 g/mol. The molecule has 1 fully saturated rings. The van der Waals surface area contributed by atoms with Gasteiger partial charge in [0.25, 0.3) is 0 Å². The van der Waals surface area contributed by atoms with Crippen molar-refractivity contribution in [2.45, 2.75) is 51.8 Å². The summed E-state index contributed by atoms with van der Waals surface area (Å²) in [5.74, 6) is 0.587. The van der Waals surface area contributed by atoms with Crippen LogP contribution in [0, 0.1) is 5.82 Å². The van der Waals surface area contributed by atoms with Crippen LogP contribution in [0.25, 0.3) is 11.0 Å². The molecule has 1 aromatic heterocycles. The molecule has 0 radical (unpaired) electrons. The summed E-state index contributed by atoms with van der Waals surface area (Å²) in [5, 5.41) is 3.00. The predicted octanol–water partition coefficient (Wildman–Crippen LogP) is 4.72. The third-order valence-electron chi connectivity index (χ3n) is 5.29. The number of benzene rings is 2. The number of alkyl carbamates (subject to hydrolysis) is 1. The summed E-state index contributed by atoms with van der Waals surface area (Å²) in [5.41, 5.74) is 2.25. The molecule has 6 nitrogen and oxygen atoms in total. The predicted molar refractivity (Wildman–Crippen MR) is 120 cm³/mol. The minimum atomic E-state index is -0.530. The van der Waals surface area contributed by atoms with Crippen LogP contribution in [0.5, 0.6) is 0 Å². The Balaban J connectivity index is 1.59. The molecule has 0 bridgehead atoms. The van der Waals surface area contributed by atoms with E-state index in [0.29, 0.717) is 13.1 Å². The minimum absolute atomic E-state index is 0.0222. The second-order valence-corrected chi connectivity index (χ2v) is 9.05. The second-order valence-electron chi connectivity index (χ2n) is 9.05. The molecule has 0 spiro atoms. The van der Waals surface area contributed by atoms with Gasteiger partial charge >= 0.3 is 6.09 Å². The zero-order chi connectivity index (χ0) is 22.0. The highest BCUT2D eigenvalue weighted by Crippen LogP contribution is 2.26. The molecular formula is C24H29FN4O2.